The largest absolute Gasteiger partial charge is 0.489 e. The summed E-state index contributed by atoms with van der Waals surface area (Å²) in [5.74, 6) is 0.729. The highest BCUT2D eigenvalue weighted by Crippen LogP contribution is 2.17. The number of hydrogen-bond acceptors (Lipinski definition) is 3. The van der Waals surface area contributed by atoms with Crippen molar-refractivity contribution in [3.8, 4) is 11.8 Å². The molecule has 4 heteroatoms. The first-order chi connectivity index (χ1) is 10.2. The Hall–Kier alpha value is -2.64. The quantitative estimate of drug-likeness (QED) is 0.521. The Bertz CT molecular complexity index is 702. The van der Waals surface area contributed by atoms with Crippen LogP contribution in [0.15, 0.2) is 60.2 Å². The van der Waals surface area contributed by atoms with Gasteiger partial charge < -0.3 is 10.5 Å². The molecule has 0 fully saturated rings. The maximum absolute atomic E-state index is 8.96. The van der Waals surface area contributed by atoms with Crippen LogP contribution in [0.25, 0.3) is 6.08 Å². The third kappa shape index (κ3) is 4.44. The Balaban J connectivity index is 2.11. The van der Waals surface area contributed by atoms with Gasteiger partial charge in [-0.1, -0.05) is 54.7 Å². The summed E-state index contributed by atoms with van der Waals surface area (Å²) in [6.45, 7) is 0.494. The molecule has 2 rings (SSSR count). The highest BCUT2D eigenvalue weighted by Gasteiger charge is 2.01. The molecule has 2 aromatic carbocycles. The van der Waals surface area contributed by atoms with E-state index in [0.717, 1.165) is 16.9 Å². The molecule has 0 radical (unpaired) electrons. The first kappa shape index (κ1) is 14.8. The molecule has 2 N–H and O–H groups in total. The van der Waals surface area contributed by atoms with Crippen LogP contribution in [0.5, 0.6) is 5.75 Å². The fourth-order valence-electron chi connectivity index (χ4n) is 1.76. The van der Waals surface area contributed by atoms with Crippen LogP contribution in [0.2, 0.25) is 0 Å². The van der Waals surface area contributed by atoms with Gasteiger partial charge >= 0.3 is 0 Å². The Morgan fingerprint density at radius 2 is 1.95 bits per heavy atom. The molecule has 21 heavy (non-hydrogen) atoms. The number of ether oxygens (including phenoxy) is 1. The van der Waals surface area contributed by atoms with Gasteiger partial charge in [0.1, 0.15) is 23.4 Å². The van der Waals surface area contributed by atoms with Crippen molar-refractivity contribution >= 4 is 23.3 Å². The Morgan fingerprint density at radius 3 is 2.62 bits per heavy atom. The summed E-state index contributed by atoms with van der Waals surface area (Å²) in [4.78, 5) is 0.0908. The van der Waals surface area contributed by atoms with Crippen molar-refractivity contribution in [1.82, 2.24) is 0 Å². The molecule has 0 bridgehead atoms. The van der Waals surface area contributed by atoms with Crippen LogP contribution in [-0.2, 0) is 6.61 Å². The van der Waals surface area contributed by atoms with E-state index in [0.29, 0.717) is 6.61 Å². The third-order valence-corrected chi connectivity index (χ3v) is 3.02. The fraction of sp³-hybridized carbons (Fsp3) is 0.0588. The second kappa shape index (κ2) is 7.22. The van der Waals surface area contributed by atoms with E-state index in [1.807, 2.05) is 60.7 Å². The van der Waals surface area contributed by atoms with Gasteiger partial charge in [0.2, 0.25) is 0 Å². The van der Waals surface area contributed by atoms with Crippen molar-refractivity contribution in [3.63, 3.8) is 0 Å². The lowest BCUT2D eigenvalue weighted by Crippen LogP contribution is -2.09. The van der Waals surface area contributed by atoms with E-state index in [1.165, 1.54) is 0 Å². The molecule has 0 spiro atoms. The van der Waals surface area contributed by atoms with E-state index >= 15 is 0 Å². The molecule has 2 aromatic rings. The number of nitrogens with two attached hydrogens (primary N) is 1. The smallest absolute Gasteiger partial charge is 0.120 e. The summed E-state index contributed by atoms with van der Waals surface area (Å²) in [7, 11) is 0. The van der Waals surface area contributed by atoms with Crippen LogP contribution in [0.3, 0.4) is 0 Å². The summed E-state index contributed by atoms with van der Waals surface area (Å²) in [5, 5.41) is 8.96. The van der Waals surface area contributed by atoms with Crippen molar-refractivity contribution in [2.75, 3.05) is 0 Å². The van der Waals surface area contributed by atoms with Crippen molar-refractivity contribution in [3.05, 3.63) is 71.3 Å². The van der Waals surface area contributed by atoms with Crippen LogP contribution in [0.4, 0.5) is 0 Å². The zero-order valence-electron chi connectivity index (χ0n) is 11.3. The number of thiocarbonyl (C=S) groups is 1. The fourth-order valence-corrected chi connectivity index (χ4v) is 1.86. The van der Waals surface area contributed by atoms with Crippen LogP contribution in [0.1, 0.15) is 11.1 Å². The maximum atomic E-state index is 8.96. The van der Waals surface area contributed by atoms with Gasteiger partial charge in [0.05, 0.1) is 5.57 Å². The Kier molecular flexibility index (Phi) is 5.08. The van der Waals surface area contributed by atoms with E-state index < -0.39 is 0 Å². The van der Waals surface area contributed by atoms with Crippen LogP contribution < -0.4 is 10.5 Å². The molecular formula is C17H14N2OS. The SMILES string of the molecule is N#C/C(=C\c1cccc(OCc2ccccc2)c1)C(N)=S. The lowest BCUT2D eigenvalue weighted by atomic mass is 10.1. The first-order valence-electron chi connectivity index (χ1n) is 6.37. The number of benzene rings is 2. The van der Waals surface area contributed by atoms with E-state index in [2.05, 4.69) is 0 Å². The predicted octanol–water partition coefficient (Wildman–Crippen LogP) is 3.46. The second-order valence-electron chi connectivity index (χ2n) is 4.38. The summed E-state index contributed by atoms with van der Waals surface area (Å²) in [6.07, 6.45) is 1.65. The van der Waals surface area contributed by atoms with Gasteiger partial charge in [0.15, 0.2) is 0 Å². The summed E-state index contributed by atoms with van der Waals surface area (Å²) < 4.78 is 5.73. The zero-order valence-corrected chi connectivity index (χ0v) is 12.1. The van der Waals surface area contributed by atoms with E-state index in [4.69, 9.17) is 28.0 Å². The lowest BCUT2D eigenvalue weighted by Gasteiger charge is -2.07. The van der Waals surface area contributed by atoms with Gasteiger partial charge in [-0.3, -0.25) is 0 Å². The second-order valence-corrected chi connectivity index (χ2v) is 4.82. The minimum absolute atomic E-state index is 0.0908. The number of hydrogen-bond donors (Lipinski definition) is 1. The van der Waals surface area contributed by atoms with Gasteiger partial charge in [-0.25, -0.2) is 0 Å². The molecule has 0 aliphatic rings. The molecular weight excluding hydrogens is 280 g/mol. The summed E-state index contributed by atoms with van der Waals surface area (Å²) in [6, 6.07) is 19.3. The topological polar surface area (TPSA) is 59.0 Å². The van der Waals surface area contributed by atoms with Gasteiger partial charge in [-0.15, -0.1) is 0 Å². The van der Waals surface area contributed by atoms with Crippen LogP contribution in [-0.4, -0.2) is 4.99 Å². The molecule has 0 unspecified atom stereocenters. The minimum atomic E-state index is 0.0908. The highest BCUT2D eigenvalue weighted by atomic mass is 32.1. The molecule has 0 saturated carbocycles. The van der Waals surface area contributed by atoms with Crippen molar-refractivity contribution in [1.29, 1.82) is 5.26 Å². The average molecular weight is 294 g/mol. The molecule has 0 heterocycles. The molecule has 0 atom stereocenters. The van der Waals surface area contributed by atoms with Crippen molar-refractivity contribution in [2.24, 2.45) is 5.73 Å². The minimum Gasteiger partial charge on any atom is -0.489 e. The van der Waals surface area contributed by atoms with Crippen LogP contribution in [0, 0.1) is 11.3 Å². The van der Waals surface area contributed by atoms with Gasteiger partial charge in [0, 0.05) is 0 Å². The molecule has 0 aliphatic heterocycles. The Morgan fingerprint density at radius 1 is 1.19 bits per heavy atom. The molecule has 0 aromatic heterocycles. The van der Waals surface area contributed by atoms with Crippen LogP contribution >= 0.6 is 12.2 Å². The number of nitriles is 1. The van der Waals surface area contributed by atoms with Gasteiger partial charge in [-0.2, -0.15) is 5.26 Å². The van der Waals surface area contributed by atoms with E-state index in [-0.39, 0.29) is 10.6 Å². The molecule has 104 valence electrons. The lowest BCUT2D eigenvalue weighted by molar-refractivity contribution is 0.306. The third-order valence-electron chi connectivity index (χ3n) is 2.80. The summed E-state index contributed by atoms with van der Waals surface area (Å²) >= 11 is 4.82. The van der Waals surface area contributed by atoms with Gasteiger partial charge in [-0.05, 0) is 29.3 Å². The standard InChI is InChI=1S/C17H14N2OS/c18-11-15(17(19)21)9-14-7-4-8-16(10-14)20-12-13-5-2-1-3-6-13/h1-10H,12H2,(H2,19,21)/b15-9+. The highest BCUT2D eigenvalue weighted by molar-refractivity contribution is 7.80. The average Bonchev–Trinajstić information content (AvgIpc) is 2.52. The van der Waals surface area contributed by atoms with Crippen molar-refractivity contribution < 1.29 is 4.74 Å². The van der Waals surface area contributed by atoms with Crippen molar-refractivity contribution in [2.45, 2.75) is 6.61 Å². The predicted molar refractivity (Wildman–Crippen MR) is 87.6 cm³/mol. The monoisotopic (exact) mass is 294 g/mol. The molecule has 3 nitrogen and oxygen atoms in total. The molecule has 0 amide bonds. The molecule has 0 saturated heterocycles. The normalized spacial score (nSPS) is 10.7. The van der Waals surface area contributed by atoms with E-state index in [1.54, 1.807) is 6.08 Å². The first-order valence-corrected chi connectivity index (χ1v) is 6.78. The maximum Gasteiger partial charge on any atom is 0.120 e. The Labute approximate surface area is 129 Å². The summed E-state index contributed by atoms with van der Waals surface area (Å²) in [5.41, 5.74) is 7.68. The van der Waals surface area contributed by atoms with Gasteiger partial charge in [0.25, 0.3) is 0 Å². The number of nitrogens with zero attached hydrogens (tertiary/aromatic N) is 1. The molecule has 0 aliphatic carbocycles. The van der Waals surface area contributed by atoms with E-state index in [9.17, 15) is 0 Å². The zero-order chi connectivity index (χ0) is 15.1. The number of rotatable bonds is 5.